The summed E-state index contributed by atoms with van der Waals surface area (Å²) in [5.74, 6) is -0.518. The van der Waals surface area contributed by atoms with Crippen molar-refractivity contribution in [3.63, 3.8) is 0 Å². The van der Waals surface area contributed by atoms with E-state index in [1.807, 2.05) is 13.0 Å². The summed E-state index contributed by atoms with van der Waals surface area (Å²) in [5, 5.41) is 11.3. The van der Waals surface area contributed by atoms with Crippen LogP contribution in [0.1, 0.15) is 22.8 Å². The Balaban J connectivity index is 1.80. The Bertz CT molecular complexity index is 914. The van der Waals surface area contributed by atoms with Gasteiger partial charge in [0.15, 0.2) is 0 Å². The lowest BCUT2D eigenvalue weighted by Gasteiger charge is -2.39. The van der Waals surface area contributed by atoms with E-state index in [-0.39, 0.29) is 17.5 Å². The lowest BCUT2D eigenvalue weighted by molar-refractivity contribution is -0.384. The van der Waals surface area contributed by atoms with Gasteiger partial charge < -0.3 is 9.80 Å². The molecule has 2 amide bonds. The molecule has 1 fully saturated rings. The minimum absolute atomic E-state index is 0.0862. The van der Waals surface area contributed by atoms with Crippen LogP contribution in [0.5, 0.6) is 0 Å². The Labute approximate surface area is 161 Å². The molecule has 3 rings (SSSR count). The predicted molar refractivity (Wildman–Crippen MR) is 102 cm³/mol. The molecule has 1 unspecified atom stereocenters. The van der Waals surface area contributed by atoms with Crippen molar-refractivity contribution in [2.24, 2.45) is 0 Å². The number of carbonyl (C=O) groups is 2. The van der Waals surface area contributed by atoms with Crippen molar-refractivity contribution in [1.29, 1.82) is 0 Å². The van der Waals surface area contributed by atoms with Crippen LogP contribution in [0.3, 0.4) is 0 Å². The largest absolute Gasteiger partial charge is 0.325 e. The zero-order chi connectivity index (χ0) is 19.7. The van der Waals surface area contributed by atoms with Crippen molar-refractivity contribution in [3.8, 4) is 0 Å². The van der Waals surface area contributed by atoms with Gasteiger partial charge in [0.05, 0.1) is 4.92 Å². The molecular formula is C19H18ClN3O4. The van der Waals surface area contributed by atoms with Gasteiger partial charge in [-0.15, -0.1) is 0 Å². The van der Waals surface area contributed by atoms with Gasteiger partial charge in [-0.2, -0.15) is 0 Å². The molecule has 0 bridgehead atoms. The van der Waals surface area contributed by atoms with Crippen LogP contribution in [-0.4, -0.2) is 40.8 Å². The minimum atomic E-state index is -0.653. The van der Waals surface area contributed by atoms with E-state index in [4.69, 9.17) is 11.6 Å². The van der Waals surface area contributed by atoms with Gasteiger partial charge in [-0.05, 0) is 43.7 Å². The first kappa shape index (κ1) is 18.8. The predicted octanol–water partition coefficient (Wildman–Crippen LogP) is 3.43. The van der Waals surface area contributed by atoms with Crippen molar-refractivity contribution >= 4 is 34.8 Å². The van der Waals surface area contributed by atoms with E-state index >= 15 is 0 Å². The van der Waals surface area contributed by atoms with E-state index in [2.05, 4.69) is 0 Å². The molecule has 0 aliphatic carbocycles. The number of rotatable bonds is 3. The van der Waals surface area contributed by atoms with Crippen LogP contribution in [0.2, 0.25) is 5.02 Å². The molecule has 1 aliphatic rings. The number of anilines is 1. The van der Waals surface area contributed by atoms with Crippen molar-refractivity contribution in [2.75, 3.05) is 18.0 Å². The average Bonchev–Trinajstić information content (AvgIpc) is 2.65. The van der Waals surface area contributed by atoms with Crippen LogP contribution < -0.4 is 4.90 Å². The quantitative estimate of drug-likeness (QED) is 0.596. The highest BCUT2D eigenvalue weighted by Crippen LogP contribution is 2.28. The highest BCUT2D eigenvalue weighted by molar-refractivity contribution is 6.31. The van der Waals surface area contributed by atoms with Crippen LogP contribution in [0.15, 0.2) is 42.5 Å². The fourth-order valence-electron chi connectivity index (χ4n) is 3.15. The number of aryl methyl sites for hydroxylation is 1. The van der Waals surface area contributed by atoms with Gasteiger partial charge in [-0.1, -0.05) is 17.7 Å². The van der Waals surface area contributed by atoms with Gasteiger partial charge in [-0.25, -0.2) is 0 Å². The summed E-state index contributed by atoms with van der Waals surface area (Å²) in [6, 6.07) is 10.1. The second kappa shape index (κ2) is 7.36. The standard InChI is InChI=1S/C19H18ClN3O4/c1-12-3-6-15(20)11-17(12)22-10-9-21(13(2)18(22)24)19(25)14-4-7-16(8-5-14)23(26)27/h3-8,11,13H,9-10H2,1-2H3. The zero-order valence-corrected chi connectivity index (χ0v) is 15.6. The first-order valence-corrected chi connectivity index (χ1v) is 8.80. The number of nitrogens with zero attached hydrogens (tertiary/aromatic N) is 3. The third kappa shape index (κ3) is 3.64. The molecule has 1 heterocycles. The first-order valence-electron chi connectivity index (χ1n) is 8.42. The summed E-state index contributed by atoms with van der Waals surface area (Å²) < 4.78 is 0. The van der Waals surface area contributed by atoms with Crippen molar-refractivity contribution in [3.05, 3.63) is 68.7 Å². The van der Waals surface area contributed by atoms with E-state index in [9.17, 15) is 19.7 Å². The second-order valence-corrected chi connectivity index (χ2v) is 6.84. The number of nitro benzene ring substituents is 1. The Morgan fingerprint density at radius 1 is 1.19 bits per heavy atom. The maximum absolute atomic E-state index is 12.9. The fourth-order valence-corrected chi connectivity index (χ4v) is 3.32. The second-order valence-electron chi connectivity index (χ2n) is 6.40. The van der Waals surface area contributed by atoms with Crippen LogP contribution >= 0.6 is 11.6 Å². The number of halogens is 1. The van der Waals surface area contributed by atoms with Crippen molar-refractivity contribution in [1.82, 2.24) is 4.90 Å². The number of non-ortho nitro benzene ring substituents is 1. The molecule has 1 atom stereocenters. The molecule has 0 spiro atoms. The van der Waals surface area contributed by atoms with Gasteiger partial charge in [0.1, 0.15) is 6.04 Å². The van der Waals surface area contributed by atoms with Crippen molar-refractivity contribution < 1.29 is 14.5 Å². The topological polar surface area (TPSA) is 83.8 Å². The molecule has 0 aromatic heterocycles. The maximum atomic E-state index is 12.9. The number of piperazine rings is 1. The summed E-state index contributed by atoms with van der Waals surface area (Å²) in [5.41, 5.74) is 1.89. The molecule has 1 aliphatic heterocycles. The minimum Gasteiger partial charge on any atom is -0.325 e. The van der Waals surface area contributed by atoms with E-state index in [0.717, 1.165) is 11.3 Å². The van der Waals surface area contributed by atoms with Gasteiger partial charge >= 0.3 is 0 Å². The van der Waals surface area contributed by atoms with E-state index in [1.54, 1.807) is 24.0 Å². The van der Waals surface area contributed by atoms with Crippen LogP contribution in [0.4, 0.5) is 11.4 Å². The Morgan fingerprint density at radius 2 is 1.85 bits per heavy atom. The number of hydrogen-bond acceptors (Lipinski definition) is 4. The first-order chi connectivity index (χ1) is 12.8. The molecule has 0 saturated carbocycles. The van der Waals surface area contributed by atoms with Gasteiger partial charge in [0.25, 0.3) is 11.6 Å². The Morgan fingerprint density at radius 3 is 2.48 bits per heavy atom. The number of amides is 2. The molecule has 1 saturated heterocycles. The smallest absolute Gasteiger partial charge is 0.269 e. The van der Waals surface area contributed by atoms with Crippen LogP contribution in [0, 0.1) is 17.0 Å². The average molecular weight is 388 g/mol. The molecular weight excluding hydrogens is 370 g/mol. The number of hydrogen-bond donors (Lipinski definition) is 0. The summed E-state index contributed by atoms with van der Waals surface area (Å²) in [6.07, 6.45) is 0. The molecule has 140 valence electrons. The Kier molecular flexibility index (Phi) is 5.14. The SMILES string of the molecule is Cc1ccc(Cl)cc1N1CCN(C(=O)c2ccc([N+](=O)[O-])cc2)C(C)C1=O. The lowest BCUT2D eigenvalue weighted by Crippen LogP contribution is -2.57. The normalized spacial score (nSPS) is 17.1. The lowest BCUT2D eigenvalue weighted by atomic mass is 10.1. The highest BCUT2D eigenvalue weighted by atomic mass is 35.5. The van der Waals surface area contributed by atoms with E-state index < -0.39 is 11.0 Å². The molecule has 0 radical (unpaired) electrons. The van der Waals surface area contributed by atoms with Gasteiger partial charge in [-0.3, -0.25) is 19.7 Å². The number of nitro groups is 1. The van der Waals surface area contributed by atoms with Crippen molar-refractivity contribution in [2.45, 2.75) is 19.9 Å². The molecule has 2 aromatic carbocycles. The monoisotopic (exact) mass is 387 g/mol. The van der Waals surface area contributed by atoms with Crippen LogP contribution in [-0.2, 0) is 4.79 Å². The maximum Gasteiger partial charge on any atom is 0.269 e. The summed E-state index contributed by atoms with van der Waals surface area (Å²) in [4.78, 5) is 39.0. The zero-order valence-electron chi connectivity index (χ0n) is 14.9. The molecule has 8 heteroatoms. The van der Waals surface area contributed by atoms with Crippen LogP contribution in [0.25, 0.3) is 0 Å². The molecule has 0 N–H and O–H groups in total. The van der Waals surface area contributed by atoms with Gasteiger partial charge in [0.2, 0.25) is 5.91 Å². The fraction of sp³-hybridized carbons (Fsp3) is 0.263. The van der Waals surface area contributed by atoms with E-state index in [1.165, 1.54) is 29.2 Å². The van der Waals surface area contributed by atoms with E-state index in [0.29, 0.717) is 23.7 Å². The number of benzene rings is 2. The third-order valence-electron chi connectivity index (χ3n) is 4.70. The molecule has 7 nitrogen and oxygen atoms in total. The summed E-state index contributed by atoms with van der Waals surface area (Å²) in [6.45, 7) is 4.29. The highest BCUT2D eigenvalue weighted by Gasteiger charge is 2.36. The summed E-state index contributed by atoms with van der Waals surface area (Å²) in [7, 11) is 0. The third-order valence-corrected chi connectivity index (χ3v) is 4.94. The Hall–Kier alpha value is -2.93. The molecule has 2 aromatic rings. The molecule has 27 heavy (non-hydrogen) atoms. The number of carbonyl (C=O) groups excluding carboxylic acids is 2. The van der Waals surface area contributed by atoms with Gasteiger partial charge in [0, 0.05) is 41.5 Å². The summed E-state index contributed by atoms with van der Waals surface area (Å²) >= 11 is 6.06.